The third-order valence-corrected chi connectivity index (χ3v) is 6.84. The predicted octanol–water partition coefficient (Wildman–Crippen LogP) is 6.96. The fourth-order valence-corrected chi connectivity index (χ4v) is 5.36. The molecule has 5 aromatic rings. The molecule has 0 bridgehead atoms. The number of H-pyrrole nitrogens is 2. The molecule has 0 amide bonds. The average molecular weight is 541 g/mol. The van der Waals surface area contributed by atoms with Crippen LogP contribution < -0.4 is 0 Å². The van der Waals surface area contributed by atoms with Crippen LogP contribution in [0, 0.1) is 6.92 Å². The van der Waals surface area contributed by atoms with E-state index >= 15 is 0 Å². The molecule has 0 spiro atoms. The number of nitrogens with one attached hydrogen (secondary N) is 2. The van der Waals surface area contributed by atoms with E-state index in [-0.39, 0.29) is 5.97 Å². The van der Waals surface area contributed by atoms with E-state index in [0.717, 1.165) is 61.5 Å². The molecule has 0 aliphatic carbocycles. The van der Waals surface area contributed by atoms with Crippen molar-refractivity contribution >= 4 is 44.5 Å². The number of pyridine rings is 2. The normalized spacial score (nSPS) is 12.4. The van der Waals surface area contributed by atoms with Crippen molar-refractivity contribution in [1.82, 2.24) is 19.9 Å². The zero-order valence-electron chi connectivity index (χ0n) is 24.4. The van der Waals surface area contributed by atoms with Gasteiger partial charge in [-0.15, -0.1) is 0 Å². The van der Waals surface area contributed by atoms with Crippen molar-refractivity contribution in [3.05, 3.63) is 70.6 Å². The number of rotatable bonds is 5. The summed E-state index contributed by atoms with van der Waals surface area (Å²) in [5.41, 5.74) is 4.66. The van der Waals surface area contributed by atoms with E-state index in [0.29, 0.717) is 17.8 Å². The number of aromatic nitrogens is 4. The minimum atomic E-state index is -0.671. The smallest absolute Gasteiger partial charge is 0.355 e. The van der Waals surface area contributed by atoms with Gasteiger partial charge in [0, 0.05) is 51.7 Å². The molecule has 5 rings (SSSR count). The second-order valence-corrected chi connectivity index (χ2v) is 12.1. The Labute approximate surface area is 233 Å². The van der Waals surface area contributed by atoms with Crippen LogP contribution in [0.1, 0.15) is 92.0 Å². The summed E-state index contributed by atoms with van der Waals surface area (Å²) in [5.74, 6) is -0.826. The Morgan fingerprint density at radius 2 is 1.27 bits per heavy atom. The van der Waals surface area contributed by atoms with Crippen LogP contribution in [0.15, 0.2) is 36.7 Å². The summed E-state index contributed by atoms with van der Waals surface area (Å²) in [6.07, 6.45) is 4.64. The lowest BCUT2D eigenvalue weighted by molar-refractivity contribution is 0.00519. The number of ether oxygens (including phenoxy) is 2. The van der Waals surface area contributed by atoms with Gasteiger partial charge in [-0.25, -0.2) is 9.59 Å². The third-order valence-electron chi connectivity index (χ3n) is 6.84. The quantitative estimate of drug-likeness (QED) is 0.184. The monoisotopic (exact) mass is 540 g/mol. The number of esters is 2. The van der Waals surface area contributed by atoms with Gasteiger partial charge in [0.15, 0.2) is 0 Å². The lowest BCUT2D eigenvalue weighted by Gasteiger charge is -2.19. The molecule has 8 heteroatoms. The Balaban J connectivity index is 1.77. The van der Waals surface area contributed by atoms with Crippen LogP contribution in [0.4, 0.5) is 0 Å². The molecule has 0 atom stereocenters. The van der Waals surface area contributed by atoms with E-state index < -0.39 is 17.2 Å². The molecule has 2 N–H and O–H groups in total. The molecule has 0 aliphatic heterocycles. The Hall–Kier alpha value is -4.20. The molecule has 4 aromatic heterocycles. The summed E-state index contributed by atoms with van der Waals surface area (Å²) >= 11 is 0. The summed E-state index contributed by atoms with van der Waals surface area (Å²) in [7, 11) is 0. The summed E-state index contributed by atoms with van der Waals surface area (Å²) in [5, 5.41) is 3.34. The van der Waals surface area contributed by atoms with Gasteiger partial charge in [-0.05, 0) is 78.1 Å². The van der Waals surface area contributed by atoms with Crippen LogP contribution in [0.5, 0.6) is 0 Å². The molecular formula is C32H36N4O4. The maximum atomic E-state index is 13.6. The van der Waals surface area contributed by atoms with Crippen molar-refractivity contribution in [3.8, 4) is 0 Å². The number of aromatic amines is 2. The highest BCUT2D eigenvalue weighted by atomic mass is 16.6. The van der Waals surface area contributed by atoms with Crippen molar-refractivity contribution in [3.63, 3.8) is 0 Å². The molecule has 40 heavy (non-hydrogen) atoms. The number of nitrogens with zero attached hydrogens (tertiary/aromatic N) is 2. The van der Waals surface area contributed by atoms with Gasteiger partial charge in [-0.1, -0.05) is 19.1 Å². The van der Waals surface area contributed by atoms with E-state index in [4.69, 9.17) is 9.47 Å². The molecule has 1 aromatic carbocycles. The van der Waals surface area contributed by atoms with Gasteiger partial charge in [0.1, 0.15) is 22.6 Å². The first-order valence-corrected chi connectivity index (χ1v) is 13.6. The first-order chi connectivity index (χ1) is 18.8. The van der Waals surface area contributed by atoms with Crippen molar-refractivity contribution in [2.45, 2.75) is 79.4 Å². The van der Waals surface area contributed by atoms with Gasteiger partial charge in [0.25, 0.3) is 0 Å². The van der Waals surface area contributed by atoms with Crippen molar-refractivity contribution in [2.75, 3.05) is 0 Å². The minimum absolute atomic E-state index is 0.373. The molecule has 4 heterocycles. The van der Waals surface area contributed by atoms with Crippen LogP contribution in [-0.2, 0) is 22.3 Å². The third kappa shape index (κ3) is 4.94. The highest BCUT2D eigenvalue weighted by molar-refractivity contribution is 6.28. The van der Waals surface area contributed by atoms with E-state index in [1.165, 1.54) is 0 Å². The number of hydrogen-bond acceptors (Lipinski definition) is 6. The van der Waals surface area contributed by atoms with Gasteiger partial charge in [-0.3, -0.25) is 9.97 Å². The summed E-state index contributed by atoms with van der Waals surface area (Å²) in [6, 6.07) is 7.71. The SMILES string of the molecule is CCc1c(Cc2[nH]c(C(=O)OC(C)(C)C)c3c4cccnc4c4ncccc4c23)[nH]c(C(=O)OC(C)(C)C)c1C. The Kier molecular flexibility index (Phi) is 6.68. The molecule has 0 saturated heterocycles. The van der Waals surface area contributed by atoms with E-state index in [1.54, 1.807) is 12.4 Å². The number of hydrogen-bond donors (Lipinski definition) is 2. The molecular weight excluding hydrogens is 504 g/mol. The largest absolute Gasteiger partial charge is 0.455 e. The number of carbonyl (C=O) groups excluding carboxylic acids is 2. The maximum Gasteiger partial charge on any atom is 0.355 e. The lowest BCUT2D eigenvalue weighted by atomic mass is 9.98. The fraction of sp³-hybridized carbons (Fsp3) is 0.375. The second kappa shape index (κ2) is 9.77. The lowest BCUT2D eigenvalue weighted by Crippen LogP contribution is -2.24. The van der Waals surface area contributed by atoms with Crippen LogP contribution in [0.3, 0.4) is 0 Å². The zero-order chi connectivity index (χ0) is 29.0. The predicted molar refractivity (Wildman–Crippen MR) is 157 cm³/mol. The number of benzene rings is 1. The standard InChI is InChI=1S/C32H36N4O4/c1-9-18-17(2)25(29(37)39-31(3,4)5)35-21(18)16-22-23-19-12-10-14-33-26(19)27-20(13-11-15-34-27)24(23)28(36-22)30(38)40-32(6,7)8/h10-15,35-36H,9,16H2,1-8H3. The molecule has 0 radical (unpaired) electrons. The maximum absolute atomic E-state index is 13.6. The van der Waals surface area contributed by atoms with Gasteiger partial charge < -0.3 is 19.4 Å². The summed E-state index contributed by atoms with van der Waals surface area (Å²) < 4.78 is 11.5. The second-order valence-electron chi connectivity index (χ2n) is 12.1. The molecule has 0 fully saturated rings. The van der Waals surface area contributed by atoms with Gasteiger partial charge >= 0.3 is 11.9 Å². The molecule has 8 nitrogen and oxygen atoms in total. The molecule has 0 saturated carbocycles. The first kappa shape index (κ1) is 27.4. The van der Waals surface area contributed by atoms with E-state index in [9.17, 15) is 9.59 Å². The Morgan fingerprint density at radius 3 is 1.80 bits per heavy atom. The van der Waals surface area contributed by atoms with Crippen LogP contribution in [0.2, 0.25) is 0 Å². The molecule has 0 aliphatic rings. The van der Waals surface area contributed by atoms with Crippen molar-refractivity contribution < 1.29 is 19.1 Å². The van der Waals surface area contributed by atoms with E-state index in [1.807, 2.05) is 72.7 Å². The molecule has 208 valence electrons. The highest BCUT2D eigenvalue weighted by Crippen LogP contribution is 2.39. The van der Waals surface area contributed by atoms with Gasteiger partial charge in [-0.2, -0.15) is 0 Å². The minimum Gasteiger partial charge on any atom is -0.455 e. The summed E-state index contributed by atoms with van der Waals surface area (Å²) in [6.45, 7) is 15.1. The zero-order valence-corrected chi connectivity index (χ0v) is 24.4. The van der Waals surface area contributed by atoms with Gasteiger partial charge in [0.05, 0.1) is 11.0 Å². The van der Waals surface area contributed by atoms with Crippen molar-refractivity contribution in [2.24, 2.45) is 0 Å². The highest BCUT2D eigenvalue weighted by Gasteiger charge is 2.28. The molecule has 0 unspecified atom stereocenters. The Morgan fingerprint density at radius 1 is 0.775 bits per heavy atom. The fourth-order valence-electron chi connectivity index (χ4n) is 5.36. The van der Waals surface area contributed by atoms with Crippen molar-refractivity contribution in [1.29, 1.82) is 0 Å². The van der Waals surface area contributed by atoms with Crippen LogP contribution in [0.25, 0.3) is 32.6 Å². The topological polar surface area (TPSA) is 110 Å². The first-order valence-electron chi connectivity index (χ1n) is 13.6. The Bertz CT molecular complexity index is 1780. The average Bonchev–Trinajstić information content (AvgIpc) is 3.40. The summed E-state index contributed by atoms with van der Waals surface area (Å²) in [4.78, 5) is 42.7. The number of fused-ring (bicyclic) bond motifs is 6. The van der Waals surface area contributed by atoms with E-state index in [2.05, 4.69) is 26.9 Å². The van der Waals surface area contributed by atoms with Gasteiger partial charge in [0.2, 0.25) is 0 Å². The van der Waals surface area contributed by atoms with Crippen LogP contribution in [-0.4, -0.2) is 43.1 Å². The van der Waals surface area contributed by atoms with Crippen LogP contribution >= 0.6 is 0 Å². The number of carbonyl (C=O) groups is 2.